The summed E-state index contributed by atoms with van der Waals surface area (Å²) in [5.41, 5.74) is 4.10. The van der Waals surface area contributed by atoms with Crippen LogP contribution in [0.4, 0.5) is 0 Å². The van der Waals surface area contributed by atoms with E-state index in [-0.39, 0.29) is 24.4 Å². The molecule has 6 nitrogen and oxygen atoms in total. The third-order valence-corrected chi connectivity index (χ3v) is 7.14. The van der Waals surface area contributed by atoms with Crippen molar-refractivity contribution >= 4 is 18.0 Å². The first-order chi connectivity index (χ1) is 20.5. The number of carbonyl (C=O) groups is 2. The van der Waals surface area contributed by atoms with Crippen molar-refractivity contribution < 1.29 is 23.8 Å². The van der Waals surface area contributed by atoms with Gasteiger partial charge in [-0.3, -0.25) is 9.69 Å². The zero-order valence-corrected chi connectivity index (χ0v) is 25.3. The van der Waals surface area contributed by atoms with E-state index in [0.717, 1.165) is 61.9 Å². The van der Waals surface area contributed by atoms with Crippen molar-refractivity contribution in [2.24, 2.45) is 5.92 Å². The highest BCUT2D eigenvalue weighted by Gasteiger charge is 2.13. The van der Waals surface area contributed by atoms with Gasteiger partial charge < -0.3 is 14.2 Å². The van der Waals surface area contributed by atoms with Crippen molar-refractivity contribution in [1.29, 1.82) is 0 Å². The average molecular weight is 572 g/mol. The Morgan fingerprint density at radius 1 is 0.881 bits per heavy atom. The summed E-state index contributed by atoms with van der Waals surface area (Å²) in [5.74, 6) is 0.546. The van der Waals surface area contributed by atoms with Crippen LogP contribution >= 0.6 is 0 Å². The van der Waals surface area contributed by atoms with Gasteiger partial charge in [-0.05, 0) is 94.3 Å². The van der Waals surface area contributed by atoms with Crippen LogP contribution in [-0.4, -0.2) is 57.3 Å². The fraction of sp³-hybridized carbons (Fsp3) is 0.389. The Labute approximate surface area is 251 Å². The molecule has 0 spiro atoms. The second-order valence-electron chi connectivity index (χ2n) is 10.5. The molecule has 42 heavy (non-hydrogen) atoms. The van der Waals surface area contributed by atoms with Crippen LogP contribution in [-0.2, 0) is 27.1 Å². The molecule has 0 N–H and O–H groups in total. The fourth-order valence-electron chi connectivity index (χ4n) is 4.78. The van der Waals surface area contributed by atoms with E-state index >= 15 is 0 Å². The number of allylic oxidation sites excluding steroid dienone is 1. The van der Waals surface area contributed by atoms with E-state index < -0.39 is 0 Å². The minimum absolute atomic E-state index is 0.211. The molecule has 0 aliphatic rings. The predicted octanol–water partition coefficient (Wildman–Crippen LogP) is 7.02. The Morgan fingerprint density at radius 3 is 2.36 bits per heavy atom. The van der Waals surface area contributed by atoms with Crippen LogP contribution in [0.2, 0.25) is 0 Å². The number of ether oxygens (including phenoxy) is 3. The van der Waals surface area contributed by atoms with Crippen LogP contribution in [0.25, 0.3) is 6.08 Å². The van der Waals surface area contributed by atoms with E-state index in [0.29, 0.717) is 18.8 Å². The number of methoxy groups -OCH3 is 1. The first kappa shape index (κ1) is 32.6. The zero-order valence-electron chi connectivity index (χ0n) is 25.3. The van der Waals surface area contributed by atoms with Crippen LogP contribution in [0.5, 0.6) is 5.75 Å². The van der Waals surface area contributed by atoms with Gasteiger partial charge in [0.2, 0.25) is 0 Å². The highest BCUT2D eigenvalue weighted by atomic mass is 16.5. The van der Waals surface area contributed by atoms with Gasteiger partial charge in [-0.15, -0.1) is 0 Å². The lowest BCUT2D eigenvalue weighted by atomic mass is 9.94. The van der Waals surface area contributed by atoms with Crippen LogP contribution in [0, 0.1) is 5.92 Å². The average Bonchev–Trinajstić information content (AvgIpc) is 3.01. The number of carbonyl (C=O) groups excluding carboxylic acids is 2. The summed E-state index contributed by atoms with van der Waals surface area (Å²) in [6.45, 7) is 3.90. The Bertz CT molecular complexity index is 1240. The fourth-order valence-corrected chi connectivity index (χ4v) is 4.78. The minimum Gasteiger partial charge on any atom is -0.493 e. The Hall–Kier alpha value is -3.90. The molecule has 0 heterocycles. The van der Waals surface area contributed by atoms with Gasteiger partial charge in [0.25, 0.3) is 0 Å². The summed E-state index contributed by atoms with van der Waals surface area (Å²) in [6.07, 6.45) is 10.4. The van der Waals surface area contributed by atoms with E-state index in [4.69, 9.17) is 14.2 Å². The van der Waals surface area contributed by atoms with Crippen LogP contribution < -0.4 is 4.74 Å². The van der Waals surface area contributed by atoms with Gasteiger partial charge in [0, 0.05) is 5.56 Å². The molecule has 3 rings (SSSR count). The topological polar surface area (TPSA) is 65.1 Å². The highest BCUT2D eigenvalue weighted by molar-refractivity contribution is 5.89. The number of unbranched alkanes of at least 4 members (excludes halogenated alkanes) is 2. The molecule has 0 amide bonds. The molecule has 0 saturated heterocycles. The van der Waals surface area contributed by atoms with E-state index in [2.05, 4.69) is 48.6 Å². The quantitative estimate of drug-likeness (QED) is 0.121. The van der Waals surface area contributed by atoms with E-state index in [1.807, 2.05) is 49.2 Å². The van der Waals surface area contributed by atoms with Gasteiger partial charge in [-0.2, -0.15) is 0 Å². The number of para-hydroxylation sites is 1. The van der Waals surface area contributed by atoms with Gasteiger partial charge in [-0.1, -0.05) is 72.8 Å². The molecular weight excluding hydrogens is 526 g/mol. The second-order valence-corrected chi connectivity index (χ2v) is 10.5. The van der Waals surface area contributed by atoms with Gasteiger partial charge >= 0.3 is 11.9 Å². The zero-order chi connectivity index (χ0) is 30.0. The van der Waals surface area contributed by atoms with Crippen molar-refractivity contribution in [2.45, 2.75) is 45.4 Å². The molecule has 0 fully saturated rings. The van der Waals surface area contributed by atoms with Crippen LogP contribution in [0.15, 0.2) is 84.9 Å². The van der Waals surface area contributed by atoms with E-state index in [9.17, 15) is 9.59 Å². The number of likely N-dealkylation sites (N-methyl/N-ethyl adjacent to an activating group) is 1. The maximum atomic E-state index is 11.9. The lowest BCUT2D eigenvalue weighted by Gasteiger charge is -2.19. The summed E-state index contributed by atoms with van der Waals surface area (Å²) < 4.78 is 16.1. The van der Waals surface area contributed by atoms with E-state index in [1.165, 1.54) is 12.7 Å². The number of rotatable bonds is 18. The number of benzene rings is 3. The molecule has 0 saturated carbocycles. The van der Waals surface area contributed by atoms with Crippen molar-refractivity contribution in [1.82, 2.24) is 4.90 Å². The van der Waals surface area contributed by atoms with E-state index in [1.54, 1.807) is 12.1 Å². The maximum Gasteiger partial charge on any atom is 0.337 e. The molecule has 1 atom stereocenters. The smallest absolute Gasteiger partial charge is 0.337 e. The normalized spacial score (nSPS) is 11.9. The highest BCUT2D eigenvalue weighted by Crippen LogP contribution is 2.23. The van der Waals surface area contributed by atoms with Gasteiger partial charge in [-0.25, -0.2) is 4.79 Å². The Morgan fingerprint density at radius 2 is 1.62 bits per heavy atom. The third kappa shape index (κ3) is 11.9. The standard InChI is InChI=1S/C36H45NO5/c1-4-41-35(38)28-37(2)25-24-31(27-30-19-22-33(23-20-30)36(39)40-3)18-21-32-16-10-11-17-34(32)42-26-12-6-9-15-29-13-7-5-8-14-29/h5,7-8,10-11,13-14,16-23,31H,4,6,9,12,15,24-28H2,1-3H3/b21-18-. The summed E-state index contributed by atoms with van der Waals surface area (Å²) in [5, 5.41) is 0. The molecule has 3 aromatic rings. The number of esters is 2. The maximum absolute atomic E-state index is 11.9. The lowest BCUT2D eigenvalue weighted by molar-refractivity contribution is -0.144. The van der Waals surface area contributed by atoms with Gasteiger partial charge in [0.05, 0.1) is 32.4 Å². The summed E-state index contributed by atoms with van der Waals surface area (Å²) in [6, 6.07) is 26.3. The van der Waals surface area contributed by atoms with Gasteiger partial charge in [0.15, 0.2) is 0 Å². The molecule has 0 aliphatic heterocycles. The SMILES string of the molecule is CCOC(=O)CN(C)CCC(/C=C\c1ccccc1OCCCCCc1ccccc1)Cc1ccc(C(=O)OC)cc1. The van der Waals surface area contributed by atoms with Crippen molar-refractivity contribution in [3.05, 3.63) is 107 Å². The summed E-state index contributed by atoms with van der Waals surface area (Å²) in [7, 11) is 3.32. The van der Waals surface area contributed by atoms with Crippen LogP contribution in [0.3, 0.4) is 0 Å². The summed E-state index contributed by atoms with van der Waals surface area (Å²) in [4.78, 5) is 25.8. The first-order valence-corrected chi connectivity index (χ1v) is 14.9. The molecule has 0 aliphatic carbocycles. The molecule has 1 unspecified atom stereocenters. The predicted molar refractivity (Wildman–Crippen MR) is 169 cm³/mol. The molecule has 3 aromatic carbocycles. The molecule has 6 heteroatoms. The first-order valence-electron chi connectivity index (χ1n) is 14.9. The Kier molecular flexibility index (Phi) is 14.4. The molecule has 224 valence electrons. The molecule has 0 aromatic heterocycles. The molecular formula is C36H45NO5. The molecule has 0 radical (unpaired) electrons. The Balaban J connectivity index is 1.60. The van der Waals surface area contributed by atoms with Crippen molar-refractivity contribution in [2.75, 3.05) is 40.5 Å². The number of hydrogen-bond donors (Lipinski definition) is 0. The molecule has 0 bridgehead atoms. The minimum atomic E-state index is -0.341. The number of hydrogen-bond acceptors (Lipinski definition) is 6. The van der Waals surface area contributed by atoms with Crippen molar-refractivity contribution in [3.8, 4) is 5.75 Å². The number of nitrogens with zero attached hydrogens (tertiary/aromatic N) is 1. The number of aryl methyl sites for hydroxylation is 1. The van der Waals surface area contributed by atoms with Gasteiger partial charge in [0.1, 0.15) is 5.75 Å². The van der Waals surface area contributed by atoms with Crippen molar-refractivity contribution in [3.63, 3.8) is 0 Å². The third-order valence-electron chi connectivity index (χ3n) is 7.14. The largest absolute Gasteiger partial charge is 0.493 e. The van der Waals surface area contributed by atoms with Crippen LogP contribution in [0.1, 0.15) is 59.7 Å². The second kappa shape index (κ2) is 18.5. The lowest BCUT2D eigenvalue weighted by Crippen LogP contribution is -2.29. The monoisotopic (exact) mass is 571 g/mol. The summed E-state index contributed by atoms with van der Waals surface area (Å²) >= 11 is 0.